The lowest BCUT2D eigenvalue weighted by molar-refractivity contribution is -0.125. The Kier molecular flexibility index (Phi) is 4.32. The molecule has 1 saturated heterocycles. The highest BCUT2D eigenvalue weighted by Crippen LogP contribution is 2.33. The van der Waals surface area contributed by atoms with E-state index in [0.29, 0.717) is 0 Å². The minimum absolute atomic E-state index is 0.0619. The summed E-state index contributed by atoms with van der Waals surface area (Å²) in [7, 11) is 0. The van der Waals surface area contributed by atoms with Crippen molar-refractivity contribution in [3.05, 3.63) is 23.8 Å². The molecule has 0 bridgehead atoms. The molecule has 0 aliphatic carbocycles. The molecule has 1 N–H and O–H groups in total. The number of anilines is 1. The number of hydrogen-bond donors (Lipinski definition) is 1. The Morgan fingerprint density at radius 1 is 1.43 bits per heavy atom. The quantitative estimate of drug-likeness (QED) is 0.934. The van der Waals surface area contributed by atoms with Gasteiger partial charge in [-0.25, -0.2) is 4.98 Å². The van der Waals surface area contributed by atoms with Gasteiger partial charge in [0.15, 0.2) is 5.13 Å². The maximum absolute atomic E-state index is 12.4. The standard InChI is InChI=1S/C18H25N3OS/c1-5-12-7-6-8-14-15(12)19-17(23-14)21-10-9-13(11-21)16(22)20-18(2,3)4/h6-8,13H,5,9-11H2,1-4H3,(H,20,22). The third kappa shape index (κ3) is 3.50. The van der Waals surface area contributed by atoms with Crippen LogP contribution < -0.4 is 10.2 Å². The van der Waals surface area contributed by atoms with Crippen molar-refractivity contribution in [3.63, 3.8) is 0 Å². The number of nitrogens with zero attached hydrogens (tertiary/aromatic N) is 2. The minimum atomic E-state index is -0.170. The monoisotopic (exact) mass is 331 g/mol. The summed E-state index contributed by atoms with van der Waals surface area (Å²) in [6.07, 6.45) is 1.90. The zero-order valence-corrected chi connectivity index (χ0v) is 15.2. The second-order valence-corrected chi connectivity index (χ2v) is 8.29. The number of benzene rings is 1. The van der Waals surface area contributed by atoms with Crippen molar-refractivity contribution in [2.75, 3.05) is 18.0 Å². The molecule has 23 heavy (non-hydrogen) atoms. The first kappa shape index (κ1) is 16.2. The highest BCUT2D eigenvalue weighted by Gasteiger charge is 2.31. The van der Waals surface area contributed by atoms with Crippen molar-refractivity contribution in [2.45, 2.75) is 46.1 Å². The number of fused-ring (bicyclic) bond motifs is 1. The van der Waals surface area contributed by atoms with Gasteiger partial charge in [-0.1, -0.05) is 30.4 Å². The van der Waals surface area contributed by atoms with Crippen molar-refractivity contribution in [3.8, 4) is 0 Å². The molecule has 124 valence electrons. The minimum Gasteiger partial charge on any atom is -0.351 e. The maximum atomic E-state index is 12.4. The summed E-state index contributed by atoms with van der Waals surface area (Å²) in [6.45, 7) is 9.91. The molecule has 4 nitrogen and oxygen atoms in total. The third-order valence-electron chi connectivity index (χ3n) is 4.20. The third-order valence-corrected chi connectivity index (χ3v) is 5.28. The Morgan fingerprint density at radius 3 is 2.91 bits per heavy atom. The molecule has 1 aromatic carbocycles. The first-order valence-corrected chi connectivity index (χ1v) is 9.14. The smallest absolute Gasteiger partial charge is 0.225 e. The average molecular weight is 331 g/mol. The Bertz CT molecular complexity index is 717. The van der Waals surface area contributed by atoms with Crippen LogP contribution in [0.15, 0.2) is 18.2 Å². The highest BCUT2D eigenvalue weighted by atomic mass is 32.1. The summed E-state index contributed by atoms with van der Waals surface area (Å²) in [5, 5.41) is 4.14. The van der Waals surface area contributed by atoms with Crippen LogP contribution >= 0.6 is 11.3 Å². The zero-order chi connectivity index (χ0) is 16.6. The fraction of sp³-hybridized carbons (Fsp3) is 0.556. The number of para-hydroxylation sites is 1. The number of thiazole rings is 1. The van der Waals surface area contributed by atoms with Gasteiger partial charge in [0.25, 0.3) is 0 Å². The van der Waals surface area contributed by atoms with E-state index >= 15 is 0 Å². The highest BCUT2D eigenvalue weighted by molar-refractivity contribution is 7.22. The molecular weight excluding hydrogens is 306 g/mol. The number of aromatic nitrogens is 1. The molecule has 1 amide bonds. The molecule has 0 saturated carbocycles. The van der Waals surface area contributed by atoms with E-state index in [9.17, 15) is 4.79 Å². The average Bonchev–Trinajstić information content (AvgIpc) is 3.11. The fourth-order valence-corrected chi connectivity index (χ4v) is 4.08. The number of rotatable bonds is 3. The molecule has 1 atom stereocenters. The largest absolute Gasteiger partial charge is 0.351 e. The van der Waals surface area contributed by atoms with Gasteiger partial charge in [0.05, 0.1) is 16.1 Å². The van der Waals surface area contributed by atoms with Crippen LogP contribution in [0, 0.1) is 5.92 Å². The molecule has 1 fully saturated rings. The summed E-state index contributed by atoms with van der Waals surface area (Å²) < 4.78 is 1.24. The van der Waals surface area contributed by atoms with Crippen LogP contribution in [0.2, 0.25) is 0 Å². The summed E-state index contributed by atoms with van der Waals surface area (Å²) in [4.78, 5) is 19.5. The number of carbonyl (C=O) groups is 1. The normalized spacial score (nSPS) is 18.6. The Balaban J connectivity index is 1.75. The molecule has 3 rings (SSSR count). The van der Waals surface area contributed by atoms with Gasteiger partial charge in [-0.3, -0.25) is 4.79 Å². The predicted octanol–water partition coefficient (Wildman–Crippen LogP) is 3.60. The maximum Gasteiger partial charge on any atom is 0.225 e. The van der Waals surface area contributed by atoms with Crippen LogP contribution in [0.5, 0.6) is 0 Å². The van der Waals surface area contributed by atoms with Crippen molar-refractivity contribution in [1.82, 2.24) is 10.3 Å². The second kappa shape index (κ2) is 6.11. The van der Waals surface area contributed by atoms with Gasteiger partial charge in [0.2, 0.25) is 5.91 Å². The van der Waals surface area contributed by atoms with E-state index in [0.717, 1.165) is 36.6 Å². The number of aryl methyl sites for hydroxylation is 1. The van der Waals surface area contributed by atoms with Crippen LogP contribution in [-0.4, -0.2) is 29.5 Å². The van der Waals surface area contributed by atoms with Crippen LogP contribution in [-0.2, 0) is 11.2 Å². The van der Waals surface area contributed by atoms with Gasteiger partial charge in [0, 0.05) is 18.6 Å². The van der Waals surface area contributed by atoms with Gasteiger partial charge in [-0.2, -0.15) is 0 Å². The van der Waals surface area contributed by atoms with Crippen molar-refractivity contribution >= 4 is 32.6 Å². The zero-order valence-electron chi connectivity index (χ0n) is 14.3. The first-order valence-electron chi connectivity index (χ1n) is 8.33. The lowest BCUT2D eigenvalue weighted by atomic mass is 10.0. The van der Waals surface area contributed by atoms with Crippen LogP contribution in [0.1, 0.15) is 39.7 Å². The van der Waals surface area contributed by atoms with Crippen LogP contribution in [0.4, 0.5) is 5.13 Å². The predicted molar refractivity (Wildman–Crippen MR) is 97.2 cm³/mol. The molecule has 1 aliphatic heterocycles. The van der Waals surface area contributed by atoms with Gasteiger partial charge in [0.1, 0.15) is 0 Å². The SMILES string of the molecule is CCc1cccc2sc(N3CCC(C(=O)NC(C)(C)C)C3)nc12. The van der Waals surface area contributed by atoms with Crippen LogP contribution in [0.25, 0.3) is 10.2 Å². The lowest BCUT2D eigenvalue weighted by Crippen LogP contribution is -2.44. The molecule has 1 aromatic heterocycles. The summed E-state index contributed by atoms with van der Waals surface area (Å²) >= 11 is 1.73. The Morgan fingerprint density at radius 2 is 2.22 bits per heavy atom. The lowest BCUT2D eigenvalue weighted by Gasteiger charge is -2.23. The van der Waals surface area contributed by atoms with E-state index in [4.69, 9.17) is 4.98 Å². The number of hydrogen-bond acceptors (Lipinski definition) is 4. The molecule has 2 heterocycles. The van der Waals surface area contributed by atoms with Gasteiger partial charge in [-0.05, 0) is 45.2 Å². The second-order valence-electron chi connectivity index (χ2n) is 7.28. The summed E-state index contributed by atoms with van der Waals surface area (Å²) in [5.41, 5.74) is 2.25. The summed E-state index contributed by atoms with van der Waals surface area (Å²) in [5.74, 6) is 0.224. The number of amides is 1. The molecule has 0 spiro atoms. The van der Waals surface area contributed by atoms with E-state index in [2.05, 4.69) is 35.3 Å². The molecular formula is C18H25N3OS. The topological polar surface area (TPSA) is 45.2 Å². The van der Waals surface area contributed by atoms with Crippen molar-refractivity contribution in [2.24, 2.45) is 5.92 Å². The fourth-order valence-electron chi connectivity index (χ4n) is 3.03. The molecule has 5 heteroatoms. The van der Waals surface area contributed by atoms with Crippen LogP contribution in [0.3, 0.4) is 0 Å². The molecule has 1 unspecified atom stereocenters. The van der Waals surface area contributed by atoms with Crippen molar-refractivity contribution in [1.29, 1.82) is 0 Å². The van der Waals surface area contributed by atoms with E-state index in [-0.39, 0.29) is 17.4 Å². The van der Waals surface area contributed by atoms with E-state index in [1.165, 1.54) is 10.3 Å². The molecule has 0 radical (unpaired) electrons. The van der Waals surface area contributed by atoms with Gasteiger partial charge < -0.3 is 10.2 Å². The molecule has 2 aromatic rings. The Labute approximate surface area is 141 Å². The summed E-state index contributed by atoms with van der Waals surface area (Å²) in [6, 6.07) is 6.39. The van der Waals surface area contributed by atoms with Gasteiger partial charge >= 0.3 is 0 Å². The van der Waals surface area contributed by atoms with Crippen molar-refractivity contribution < 1.29 is 4.79 Å². The number of carbonyl (C=O) groups excluding carboxylic acids is 1. The molecule has 1 aliphatic rings. The Hall–Kier alpha value is -1.62. The van der Waals surface area contributed by atoms with E-state index in [1.807, 2.05) is 20.8 Å². The van der Waals surface area contributed by atoms with Gasteiger partial charge in [-0.15, -0.1) is 0 Å². The van der Waals surface area contributed by atoms with E-state index < -0.39 is 0 Å². The van der Waals surface area contributed by atoms with E-state index in [1.54, 1.807) is 11.3 Å². The first-order chi connectivity index (χ1) is 10.9. The number of nitrogens with one attached hydrogen (secondary N) is 1.